The number of carbonyl (C=O) groups is 4. The van der Waals surface area contributed by atoms with E-state index in [9.17, 15) is 49.8 Å². The molecule has 0 spiro atoms. The molecule has 2 aliphatic rings. The number of hydrogen-bond donors (Lipinski definition) is 6. The molecule has 0 aromatic carbocycles. The Morgan fingerprint density at radius 3 is 2.22 bits per heavy atom. The fraction of sp³-hybridized carbons (Fsp3) is 0.750. The lowest BCUT2D eigenvalue weighted by Gasteiger charge is -2.36. The molecule has 2 aliphatic heterocycles. The van der Waals surface area contributed by atoms with Gasteiger partial charge in [-0.3, -0.25) is 14.4 Å². The van der Waals surface area contributed by atoms with E-state index in [0.29, 0.717) is 0 Å². The number of cyclic esters (lactones) is 1. The summed E-state index contributed by atoms with van der Waals surface area (Å²) in [6, 6.07) is 0. The largest absolute Gasteiger partial charge is 0.463 e. The molecule has 2 rings (SSSR count). The Kier molecular flexibility index (Phi) is 13.4. The van der Waals surface area contributed by atoms with Gasteiger partial charge >= 0.3 is 5.97 Å². The molecule has 13 heteroatoms. The van der Waals surface area contributed by atoms with Gasteiger partial charge in [-0.2, -0.15) is 0 Å². The van der Waals surface area contributed by atoms with Crippen molar-refractivity contribution in [1.82, 2.24) is 0 Å². The summed E-state index contributed by atoms with van der Waals surface area (Å²) in [7, 11) is 1.16. The smallest absolute Gasteiger partial charge is 0.337 e. The minimum atomic E-state index is -2.98. The predicted molar refractivity (Wildman–Crippen MR) is 159 cm³/mol. The fourth-order valence-corrected chi connectivity index (χ4v) is 6.15. The van der Waals surface area contributed by atoms with Crippen LogP contribution in [-0.2, 0) is 33.4 Å². The first kappa shape index (κ1) is 38.8. The molecule has 0 bridgehead atoms. The van der Waals surface area contributed by atoms with Crippen LogP contribution in [-0.4, -0.2) is 122 Å². The second-order valence-corrected chi connectivity index (χ2v) is 12.7. The van der Waals surface area contributed by atoms with Gasteiger partial charge in [0.25, 0.3) is 0 Å². The number of allylic oxidation sites excluding steroid dienone is 2. The van der Waals surface area contributed by atoms with E-state index in [2.05, 4.69) is 0 Å². The Hall–Kier alpha value is -2.36. The van der Waals surface area contributed by atoms with Crippen LogP contribution in [0.1, 0.15) is 54.9 Å². The Morgan fingerprint density at radius 1 is 1.09 bits per heavy atom. The maximum absolute atomic E-state index is 13.9. The number of aliphatic hydroxyl groups excluding tert-OH is 5. The lowest BCUT2D eigenvalue weighted by molar-refractivity contribution is -0.177. The second kappa shape index (κ2) is 15.5. The molecule has 0 saturated carbocycles. The van der Waals surface area contributed by atoms with Crippen molar-refractivity contribution in [2.45, 2.75) is 103 Å². The zero-order valence-electron chi connectivity index (χ0n) is 27.2. The summed E-state index contributed by atoms with van der Waals surface area (Å²) in [6.07, 6.45) is -5.16. The number of carbonyl (C=O) groups excluding carboxylic acids is 4. The second-order valence-electron chi connectivity index (χ2n) is 12.7. The summed E-state index contributed by atoms with van der Waals surface area (Å²) in [5, 5.41) is 65.5. The highest BCUT2D eigenvalue weighted by Crippen LogP contribution is 2.47. The van der Waals surface area contributed by atoms with E-state index < -0.39 is 114 Å². The molecule has 0 radical (unpaired) electrons. The topological polar surface area (TPSA) is 221 Å². The van der Waals surface area contributed by atoms with Crippen LogP contribution in [0.2, 0.25) is 0 Å². The molecule has 0 aliphatic carbocycles. The number of methoxy groups -OCH3 is 1. The van der Waals surface area contributed by atoms with Gasteiger partial charge in [-0.25, -0.2) is 4.79 Å². The molecule has 13 unspecified atom stereocenters. The first-order valence-corrected chi connectivity index (χ1v) is 15.2. The van der Waals surface area contributed by atoms with Crippen molar-refractivity contribution < 1.29 is 64.0 Å². The van der Waals surface area contributed by atoms with Crippen LogP contribution in [0.15, 0.2) is 23.8 Å². The van der Waals surface area contributed by atoms with Crippen molar-refractivity contribution in [3.8, 4) is 0 Å². The molecular weight excluding hydrogens is 592 g/mol. The molecule has 13 atom stereocenters. The molecule has 1 fully saturated rings. The molecule has 1 saturated heterocycles. The third kappa shape index (κ3) is 8.14. The van der Waals surface area contributed by atoms with Gasteiger partial charge in [0.05, 0.1) is 36.9 Å². The summed E-state index contributed by atoms with van der Waals surface area (Å²) in [6.45, 7) is 8.62. The van der Waals surface area contributed by atoms with Crippen molar-refractivity contribution in [2.75, 3.05) is 20.3 Å². The average molecular weight is 643 g/mol. The molecule has 2 heterocycles. The molecule has 0 aromatic rings. The van der Waals surface area contributed by atoms with Crippen LogP contribution in [0, 0.1) is 29.6 Å². The van der Waals surface area contributed by atoms with Gasteiger partial charge in [0.2, 0.25) is 0 Å². The Labute approximate surface area is 263 Å². The molecule has 0 amide bonds. The standard InChI is InChI=1S/C32H50O13/c1-9-10-15(2)29-31(7,45-29)27(39)20-13-44-30(41)25(38)26(43-8)19(6)24(37)18(5)23(36)17(4)11-16(3)21(34)12-22(35)32(42,14-33)28(20)40/h9-11,15-16,18-20,22-23,25-27,29,33,35-36,38-39,42H,12-14H2,1-8H3. The summed E-state index contributed by atoms with van der Waals surface area (Å²) in [5.74, 6) is -9.00. The van der Waals surface area contributed by atoms with Crippen LogP contribution >= 0.6 is 0 Å². The summed E-state index contributed by atoms with van der Waals surface area (Å²) in [4.78, 5) is 53.2. The van der Waals surface area contributed by atoms with E-state index >= 15 is 0 Å². The maximum atomic E-state index is 13.9. The van der Waals surface area contributed by atoms with Crippen molar-refractivity contribution in [2.24, 2.45) is 29.6 Å². The van der Waals surface area contributed by atoms with E-state index in [1.54, 1.807) is 13.0 Å². The van der Waals surface area contributed by atoms with Crippen molar-refractivity contribution in [3.05, 3.63) is 23.8 Å². The van der Waals surface area contributed by atoms with E-state index in [1.807, 2.05) is 13.0 Å². The Balaban J connectivity index is 2.61. The average Bonchev–Trinajstić information content (AvgIpc) is 3.71. The number of ether oxygens (including phenoxy) is 3. The van der Waals surface area contributed by atoms with Crippen LogP contribution in [0.3, 0.4) is 0 Å². The maximum Gasteiger partial charge on any atom is 0.337 e. The number of aliphatic hydroxyl groups is 6. The zero-order valence-corrected chi connectivity index (χ0v) is 27.2. The van der Waals surface area contributed by atoms with Crippen molar-refractivity contribution >= 4 is 23.3 Å². The SMILES string of the molecule is CC=CC(C)C1OC1(C)C(O)C1COC(=O)C(O)C(OC)C(C)C(=O)C(C)C(O)C(C)=CC(C)C(=O)CC(O)C(O)(CO)C1=O. The molecule has 256 valence electrons. The first-order valence-electron chi connectivity index (χ1n) is 15.2. The number of rotatable bonds is 6. The summed E-state index contributed by atoms with van der Waals surface area (Å²) in [5.41, 5.74) is -4.11. The minimum absolute atomic E-state index is 0.214. The van der Waals surface area contributed by atoms with Crippen LogP contribution in [0.5, 0.6) is 0 Å². The number of ketones is 3. The Morgan fingerprint density at radius 2 is 1.69 bits per heavy atom. The monoisotopic (exact) mass is 642 g/mol. The third-order valence-corrected chi connectivity index (χ3v) is 9.36. The highest BCUT2D eigenvalue weighted by Gasteiger charge is 2.63. The zero-order chi connectivity index (χ0) is 34.6. The lowest BCUT2D eigenvalue weighted by Crippen LogP contribution is -2.59. The van der Waals surface area contributed by atoms with Gasteiger partial charge in [0.15, 0.2) is 17.5 Å². The summed E-state index contributed by atoms with van der Waals surface area (Å²) < 4.78 is 16.3. The molecule has 13 nitrogen and oxygen atoms in total. The van der Waals surface area contributed by atoms with Gasteiger partial charge in [0.1, 0.15) is 29.9 Å². The molecular formula is C32H50O13. The summed E-state index contributed by atoms with van der Waals surface area (Å²) >= 11 is 0. The Bertz CT molecular complexity index is 1150. The number of esters is 1. The van der Waals surface area contributed by atoms with E-state index in [-0.39, 0.29) is 11.5 Å². The van der Waals surface area contributed by atoms with Crippen LogP contribution in [0.4, 0.5) is 0 Å². The van der Waals surface area contributed by atoms with Crippen molar-refractivity contribution in [1.29, 1.82) is 0 Å². The highest BCUT2D eigenvalue weighted by atomic mass is 16.6. The van der Waals surface area contributed by atoms with Crippen LogP contribution in [0.25, 0.3) is 0 Å². The normalized spacial score (nSPS) is 41.2. The predicted octanol–water partition coefficient (Wildman–Crippen LogP) is -0.337. The van der Waals surface area contributed by atoms with Gasteiger partial charge in [0, 0.05) is 37.2 Å². The van der Waals surface area contributed by atoms with Gasteiger partial charge < -0.3 is 44.8 Å². The highest BCUT2D eigenvalue weighted by molar-refractivity contribution is 5.93. The third-order valence-electron chi connectivity index (χ3n) is 9.36. The van der Waals surface area contributed by atoms with E-state index in [4.69, 9.17) is 14.2 Å². The van der Waals surface area contributed by atoms with Gasteiger partial charge in [-0.1, -0.05) is 45.9 Å². The van der Waals surface area contributed by atoms with Crippen LogP contribution < -0.4 is 0 Å². The van der Waals surface area contributed by atoms with E-state index in [0.717, 1.165) is 7.11 Å². The van der Waals surface area contributed by atoms with Gasteiger partial charge in [-0.05, 0) is 26.3 Å². The first-order chi connectivity index (χ1) is 20.8. The fourth-order valence-electron chi connectivity index (χ4n) is 6.15. The molecule has 6 N–H and O–H groups in total. The van der Waals surface area contributed by atoms with Crippen molar-refractivity contribution in [3.63, 3.8) is 0 Å². The van der Waals surface area contributed by atoms with E-state index in [1.165, 1.54) is 40.7 Å². The molecule has 0 aromatic heterocycles. The lowest BCUT2D eigenvalue weighted by atomic mass is 9.76. The van der Waals surface area contributed by atoms with Gasteiger partial charge in [-0.15, -0.1) is 0 Å². The molecule has 45 heavy (non-hydrogen) atoms. The quantitative estimate of drug-likeness (QED) is 0.124. The number of Topliss-reactive ketones (excluding diaryl/α,β-unsaturated/α-hetero) is 3. The minimum Gasteiger partial charge on any atom is -0.463 e. The number of hydrogen-bond acceptors (Lipinski definition) is 13. The number of epoxide rings is 1.